The van der Waals surface area contributed by atoms with Gasteiger partial charge in [0.05, 0.1) is 39.9 Å². The van der Waals surface area contributed by atoms with E-state index < -0.39 is 20.0 Å². The van der Waals surface area contributed by atoms with Crippen LogP contribution in [0.15, 0.2) is 48.6 Å². The first kappa shape index (κ1) is 57.5. The number of amides is 1. The van der Waals surface area contributed by atoms with Crippen LogP contribution in [0, 0.1) is 0 Å². The van der Waals surface area contributed by atoms with Crippen molar-refractivity contribution in [3.05, 3.63) is 48.6 Å². The summed E-state index contributed by atoms with van der Waals surface area (Å²) in [6.07, 6.45) is 53.4. The lowest BCUT2D eigenvalue weighted by molar-refractivity contribution is -0.870. The molecule has 0 spiro atoms. The van der Waals surface area contributed by atoms with Crippen LogP contribution in [0.5, 0.6) is 0 Å². The van der Waals surface area contributed by atoms with Gasteiger partial charge in [-0.25, -0.2) is 4.57 Å². The number of quaternary nitrogens is 1. The molecular formula is C50H96N2O6P+. The van der Waals surface area contributed by atoms with E-state index in [4.69, 9.17) is 9.05 Å². The molecule has 0 aromatic rings. The lowest BCUT2D eigenvalue weighted by Crippen LogP contribution is -2.45. The van der Waals surface area contributed by atoms with Crippen LogP contribution in [0.25, 0.3) is 0 Å². The Hall–Kier alpha value is -1.54. The second-order valence-corrected chi connectivity index (χ2v) is 19.3. The molecule has 0 aliphatic heterocycles. The molecule has 1 amide bonds. The van der Waals surface area contributed by atoms with Crippen molar-refractivity contribution in [2.24, 2.45) is 0 Å². The number of allylic oxidation sites excluding steroid dienone is 7. The summed E-state index contributed by atoms with van der Waals surface area (Å²) in [5.74, 6) is -0.189. The number of likely N-dealkylation sites (N-methyl/N-ethyl adjacent to an activating group) is 1. The summed E-state index contributed by atoms with van der Waals surface area (Å²) in [5.41, 5.74) is 0. The third kappa shape index (κ3) is 44.3. The maximum Gasteiger partial charge on any atom is 0.472 e. The molecule has 0 aromatic carbocycles. The number of phosphoric ester groups is 1. The predicted octanol–water partition coefficient (Wildman–Crippen LogP) is 14.0. The van der Waals surface area contributed by atoms with Crippen molar-refractivity contribution in [1.29, 1.82) is 0 Å². The molecule has 0 aliphatic rings. The van der Waals surface area contributed by atoms with Gasteiger partial charge in [-0.05, 0) is 64.2 Å². The quantitative estimate of drug-likeness (QED) is 0.0244. The number of nitrogens with one attached hydrogen (secondary N) is 1. The first-order valence-electron chi connectivity index (χ1n) is 24.5. The highest BCUT2D eigenvalue weighted by Crippen LogP contribution is 2.43. The minimum atomic E-state index is -4.35. The minimum absolute atomic E-state index is 0.0553. The summed E-state index contributed by atoms with van der Waals surface area (Å²) < 4.78 is 23.5. The maximum atomic E-state index is 12.9. The van der Waals surface area contributed by atoms with E-state index in [2.05, 4.69) is 55.6 Å². The fraction of sp³-hybridized carbons (Fsp3) is 0.820. The Labute approximate surface area is 365 Å². The third-order valence-electron chi connectivity index (χ3n) is 10.8. The Morgan fingerprint density at radius 3 is 1.46 bits per heavy atom. The summed E-state index contributed by atoms with van der Waals surface area (Å²) in [6.45, 7) is 4.76. The second kappa shape index (κ2) is 41.8. The van der Waals surface area contributed by atoms with Crippen molar-refractivity contribution in [3.8, 4) is 0 Å². The Balaban J connectivity index is 4.23. The molecule has 8 nitrogen and oxygen atoms in total. The van der Waals surface area contributed by atoms with E-state index in [0.29, 0.717) is 17.4 Å². The summed E-state index contributed by atoms with van der Waals surface area (Å²) >= 11 is 0. The zero-order valence-corrected chi connectivity index (χ0v) is 40.1. The standard InChI is InChI=1S/C50H95N2O6P/c1-6-8-10-12-14-16-18-20-21-22-23-24-25-26-27-28-29-30-31-32-34-36-38-40-42-44-50(54)51-48(47-58-59(55,56)57-46-45-52(3,4)5)49(53)43-41-39-37-35-33-19-17-15-13-11-9-7-2/h18,20,22-23,33,35,41,43,48-49,53H,6-17,19,21,24-32,34,36-40,42,44-47H2,1-5H3,(H-,51,54,55,56)/p+1/b20-18-,23-22-,35-33+,43-41+. The minimum Gasteiger partial charge on any atom is -0.387 e. The fourth-order valence-electron chi connectivity index (χ4n) is 6.85. The number of phosphoric acid groups is 1. The topological polar surface area (TPSA) is 105 Å². The van der Waals surface area contributed by atoms with Crippen LogP contribution < -0.4 is 5.32 Å². The van der Waals surface area contributed by atoms with Crippen molar-refractivity contribution >= 4 is 13.7 Å². The Morgan fingerprint density at radius 1 is 0.576 bits per heavy atom. The van der Waals surface area contributed by atoms with E-state index in [9.17, 15) is 19.4 Å². The zero-order chi connectivity index (χ0) is 43.6. The van der Waals surface area contributed by atoms with Gasteiger partial charge in [0.25, 0.3) is 0 Å². The zero-order valence-electron chi connectivity index (χ0n) is 39.2. The van der Waals surface area contributed by atoms with Crippen molar-refractivity contribution in [2.75, 3.05) is 40.9 Å². The van der Waals surface area contributed by atoms with Gasteiger partial charge < -0.3 is 19.8 Å². The van der Waals surface area contributed by atoms with Gasteiger partial charge in [-0.2, -0.15) is 0 Å². The van der Waals surface area contributed by atoms with Crippen LogP contribution in [0.2, 0.25) is 0 Å². The van der Waals surface area contributed by atoms with Gasteiger partial charge in [-0.1, -0.05) is 191 Å². The highest BCUT2D eigenvalue weighted by molar-refractivity contribution is 7.47. The number of carbonyl (C=O) groups is 1. The average Bonchev–Trinajstić information content (AvgIpc) is 3.19. The fourth-order valence-corrected chi connectivity index (χ4v) is 7.59. The van der Waals surface area contributed by atoms with Gasteiger partial charge in [0.15, 0.2) is 0 Å². The van der Waals surface area contributed by atoms with Crippen molar-refractivity contribution in [1.82, 2.24) is 5.32 Å². The molecule has 0 bridgehead atoms. The molecule has 0 aliphatic carbocycles. The first-order chi connectivity index (χ1) is 28.5. The van der Waals surface area contributed by atoms with E-state index in [1.54, 1.807) is 6.08 Å². The van der Waals surface area contributed by atoms with E-state index in [0.717, 1.165) is 44.9 Å². The molecule has 0 aromatic heterocycles. The first-order valence-corrected chi connectivity index (χ1v) is 26.0. The number of aliphatic hydroxyl groups is 1. The van der Waals surface area contributed by atoms with E-state index >= 15 is 0 Å². The van der Waals surface area contributed by atoms with Gasteiger partial charge in [0, 0.05) is 6.42 Å². The molecule has 3 N–H and O–H groups in total. The van der Waals surface area contributed by atoms with E-state index in [1.807, 2.05) is 27.2 Å². The largest absolute Gasteiger partial charge is 0.472 e. The van der Waals surface area contributed by atoms with Gasteiger partial charge in [-0.3, -0.25) is 13.8 Å². The average molecular weight is 852 g/mol. The molecule has 3 atom stereocenters. The molecule has 0 heterocycles. The lowest BCUT2D eigenvalue weighted by Gasteiger charge is -2.25. The molecule has 0 radical (unpaired) electrons. The highest BCUT2D eigenvalue weighted by Gasteiger charge is 2.27. The van der Waals surface area contributed by atoms with Crippen molar-refractivity contribution < 1.29 is 32.9 Å². The Kier molecular flexibility index (Phi) is 40.7. The number of rotatable bonds is 44. The molecular weight excluding hydrogens is 756 g/mol. The molecule has 3 unspecified atom stereocenters. The maximum absolute atomic E-state index is 12.9. The summed E-state index contributed by atoms with van der Waals surface area (Å²) in [6, 6.07) is -0.862. The van der Waals surface area contributed by atoms with Gasteiger partial charge in [-0.15, -0.1) is 0 Å². The number of hydrogen-bond acceptors (Lipinski definition) is 5. The number of nitrogens with zero attached hydrogens (tertiary/aromatic N) is 1. The van der Waals surface area contributed by atoms with Crippen LogP contribution in [0.4, 0.5) is 0 Å². The number of aliphatic hydroxyl groups excluding tert-OH is 1. The van der Waals surface area contributed by atoms with Gasteiger partial charge in [0.2, 0.25) is 5.91 Å². The summed E-state index contributed by atoms with van der Waals surface area (Å²) in [7, 11) is 1.55. The molecule has 0 saturated carbocycles. The molecule has 0 fully saturated rings. The summed E-state index contributed by atoms with van der Waals surface area (Å²) in [5, 5.41) is 13.8. The Bertz CT molecular complexity index is 1100. The van der Waals surface area contributed by atoms with E-state index in [-0.39, 0.29) is 19.1 Å². The molecule has 9 heteroatoms. The lowest BCUT2D eigenvalue weighted by atomic mass is 10.0. The van der Waals surface area contributed by atoms with Crippen LogP contribution >= 0.6 is 7.82 Å². The molecule has 0 saturated heterocycles. The van der Waals surface area contributed by atoms with Crippen molar-refractivity contribution in [2.45, 2.75) is 225 Å². The molecule has 346 valence electrons. The molecule has 0 rings (SSSR count). The second-order valence-electron chi connectivity index (χ2n) is 17.8. The number of carbonyl (C=O) groups excluding carboxylic acids is 1. The van der Waals surface area contributed by atoms with Crippen molar-refractivity contribution in [3.63, 3.8) is 0 Å². The van der Waals surface area contributed by atoms with Crippen LogP contribution in [0.1, 0.15) is 213 Å². The number of unbranched alkanes of at least 4 members (excludes halogenated alkanes) is 25. The van der Waals surface area contributed by atoms with Crippen LogP contribution in [-0.2, 0) is 18.4 Å². The van der Waals surface area contributed by atoms with Gasteiger partial charge in [0.1, 0.15) is 13.2 Å². The van der Waals surface area contributed by atoms with Crippen LogP contribution in [0.3, 0.4) is 0 Å². The smallest absolute Gasteiger partial charge is 0.387 e. The van der Waals surface area contributed by atoms with E-state index in [1.165, 1.54) is 148 Å². The third-order valence-corrected chi connectivity index (χ3v) is 11.8. The predicted molar refractivity (Wildman–Crippen MR) is 254 cm³/mol. The van der Waals surface area contributed by atoms with Crippen LogP contribution in [-0.4, -0.2) is 73.4 Å². The normalized spacial score (nSPS) is 14.6. The summed E-state index contributed by atoms with van der Waals surface area (Å²) in [4.78, 5) is 23.1. The highest BCUT2D eigenvalue weighted by atomic mass is 31.2. The molecule has 59 heavy (non-hydrogen) atoms. The SMILES string of the molecule is CCCCCCC/C=C\C/C=C\CCCCCCCCCCCCCCCC(=O)NC(COP(=O)(O)OCC[N+](C)(C)C)C(O)/C=C/CC/C=C/CCCCCCCC. The Morgan fingerprint density at radius 2 is 0.983 bits per heavy atom. The monoisotopic (exact) mass is 852 g/mol. The number of hydrogen-bond donors (Lipinski definition) is 3. The van der Waals surface area contributed by atoms with Gasteiger partial charge >= 0.3 is 7.82 Å².